The summed E-state index contributed by atoms with van der Waals surface area (Å²) < 4.78 is 3.07. The molecule has 2 saturated heterocycles. The molecule has 0 unspecified atom stereocenters. The predicted molar refractivity (Wildman–Crippen MR) is 164 cm³/mol. The minimum absolute atomic E-state index is 0.0635. The van der Waals surface area contributed by atoms with Crippen molar-refractivity contribution in [2.75, 3.05) is 37.3 Å². The van der Waals surface area contributed by atoms with Gasteiger partial charge in [0, 0.05) is 30.3 Å². The van der Waals surface area contributed by atoms with E-state index in [4.69, 9.17) is 5.73 Å². The highest BCUT2D eigenvalue weighted by molar-refractivity contribution is 6.10. The number of amides is 2. The quantitative estimate of drug-likeness (QED) is 0.307. The van der Waals surface area contributed by atoms with E-state index < -0.39 is 11.9 Å². The second-order valence-electron chi connectivity index (χ2n) is 11.6. The van der Waals surface area contributed by atoms with Crippen LogP contribution in [-0.2, 0) is 4.79 Å². The van der Waals surface area contributed by atoms with Gasteiger partial charge in [-0.25, -0.2) is 9.50 Å². The number of rotatable bonds is 5. The van der Waals surface area contributed by atoms with E-state index in [1.807, 2.05) is 61.5 Å². The van der Waals surface area contributed by atoms with Gasteiger partial charge in [-0.1, -0.05) is 30.3 Å². The van der Waals surface area contributed by atoms with Crippen LogP contribution >= 0.6 is 0 Å². The van der Waals surface area contributed by atoms with Crippen molar-refractivity contribution in [3.8, 4) is 5.69 Å². The van der Waals surface area contributed by atoms with Crippen LogP contribution < -0.4 is 21.5 Å². The maximum Gasteiger partial charge on any atom is 0.265 e. The maximum atomic E-state index is 14.4. The first kappa shape index (κ1) is 26.8. The van der Waals surface area contributed by atoms with Crippen LogP contribution in [0, 0.1) is 5.41 Å². The Kier molecular flexibility index (Phi) is 6.28. The van der Waals surface area contributed by atoms with Crippen LogP contribution in [0.25, 0.3) is 22.1 Å². The van der Waals surface area contributed by atoms with E-state index in [1.165, 1.54) is 4.52 Å². The lowest BCUT2D eigenvalue weighted by Gasteiger charge is -2.52. The third kappa shape index (κ3) is 4.26. The highest BCUT2D eigenvalue weighted by atomic mass is 16.2. The topological polar surface area (TPSA) is 131 Å². The van der Waals surface area contributed by atoms with Gasteiger partial charge in [0.2, 0.25) is 5.91 Å². The lowest BCUT2D eigenvalue weighted by atomic mass is 9.70. The van der Waals surface area contributed by atoms with Gasteiger partial charge in [0.05, 0.1) is 22.5 Å². The molecule has 218 valence electrons. The van der Waals surface area contributed by atoms with Crippen LogP contribution in [0.4, 0.5) is 11.5 Å². The molecule has 3 aromatic heterocycles. The fourth-order valence-electron chi connectivity index (χ4n) is 6.47. The molecule has 2 amide bonds. The molecule has 11 nitrogen and oxygen atoms in total. The first-order valence-corrected chi connectivity index (χ1v) is 14.4. The summed E-state index contributed by atoms with van der Waals surface area (Å²) in [4.78, 5) is 49.8. The molecule has 3 N–H and O–H groups in total. The number of carbonyl (C=O) groups is 2. The number of β-lactam (4-membered cyclic amide) rings is 1. The number of carbonyl (C=O) groups excluding carboxylic acids is 2. The van der Waals surface area contributed by atoms with E-state index in [2.05, 4.69) is 27.3 Å². The summed E-state index contributed by atoms with van der Waals surface area (Å²) in [5.74, 6) is -0.300. The van der Waals surface area contributed by atoms with Gasteiger partial charge >= 0.3 is 0 Å². The third-order valence-corrected chi connectivity index (χ3v) is 8.90. The van der Waals surface area contributed by atoms with Crippen molar-refractivity contribution < 1.29 is 9.59 Å². The van der Waals surface area contributed by atoms with E-state index in [-0.39, 0.29) is 28.3 Å². The number of aromatic nitrogens is 4. The normalized spacial score (nSPS) is 17.3. The van der Waals surface area contributed by atoms with Gasteiger partial charge in [-0.3, -0.25) is 19.0 Å². The number of anilines is 2. The Balaban J connectivity index is 1.30. The molecule has 7 rings (SSSR count). The predicted octanol–water partition coefficient (Wildman–Crippen LogP) is 3.17. The van der Waals surface area contributed by atoms with Crippen LogP contribution in [0.1, 0.15) is 41.9 Å². The number of hydrogen-bond acceptors (Lipinski definition) is 7. The summed E-state index contributed by atoms with van der Waals surface area (Å²) in [6.45, 7) is 4.20. The van der Waals surface area contributed by atoms with Gasteiger partial charge in [0.1, 0.15) is 5.56 Å². The molecule has 2 aliphatic rings. The fourth-order valence-corrected chi connectivity index (χ4v) is 6.47. The number of para-hydroxylation sites is 1. The Morgan fingerprint density at radius 1 is 1.05 bits per heavy atom. The second kappa shape index (κ2) is 10.1. The Morgan fingerprint density at radius 3 is 2.56 bits per heavy atom. The number of nitrogens with one attached hydrogen (secondary N) is 1. The lowest BCUT2D eigenvalue weighted by molar-refractivity contribution is -0.138. The molecule has 0 radical (unpaired) electrons. The number of likely N-dealkylation sites (tertiary alicyclic amines) is 1. The summed E-state index contributed by atoms with van der Waals surface area (Å²) >= 11 is 0. The highest BCUT2D eigenvalue weighted by Crippen LogP contribution is 2.45. The number of nitrogens with two attached hydrogens (primary N) is 1. The van der Waals surface area contributed by atoms with Crippen LogP contribution in [0.2, 0.25) is 0 Å². The Bertz CT molecular complexity index is 1960. The van der Waals surface area contributed by atoms with Crippen molar-refractivity contribution in [3.63, 3.8) is 0 Å². The van der Waals surface area contributed by atoms with Crippen molar-refractivity contribution in [2.24, 2.45) is 5.41 Å². The standard InChI is InChI=1S/C32H32N8O3/c1-20(35-29(41)26-27(33)36-39-15-7-14-34-28(26)39)24-18-21-8-6-11-23(25(21)30(42)40(24)22-9-4-3-5-10-22)38-19-32(31(38)43)12-16-37(2)17-13-32/h3-11,14-15,18,20H,12-13,16-17,19H2,1-2H3,(H2,33,36)(H,35,41)/t20-/m0/s1. The van der Waals surface area contributed by atoms with E-state index in [1.54, 1.807) is 27.9 Å². The van der Waals surface area contributed by atoms with Crippen molar-refractivity contribution in [1.29, 1.82) is 0 Å². The first-order chi connectivity index (χ1) is 20.8. The fraction of sp³-hybridized carbons (Fsp3) is 0.281. The van der Waals surface area contributed by atoms with Gasteiger partial charge in [-0.05, 0) is 75.6 Å². The number of pyridine rings is 1. The molecule has 2 aromatic carbocycles. The smallest absolute Gasteiger partial charge is 0.265 e. The molecular weight excluding hydrogens is 544 g/mol. The maximum absolute atomic E-state index is 14.4. The van der Waals surface area contributed by atoms with Crippen LogP contribution in [0.5, 0.6) is 0 Å². The number of fused-ring (bicyclic) bond motifs is 2. The summed E-state index contributed by atoms with van der Waals surface area (Å²) in [5, 5.41) is 8.37. The summed E-state index contributed by atoms with van der Waals surface area (Å²) in [6.07, 6.45) is 4.89. The molecule has 2 aliphatic heterocycles. The van der Waals surface area contributed by atoms with Gasteiger partial charge in [-0.2, -0.15) is 0 Å². The van der Waals surface area contributed by atoms with Crippen molar-refractivity contribution >= 4 is 39.7 Å². The minimum Gasteiger partial charge on any atom is -0.381 e. The van der Waals surface area contributed by atoms with Gasteiger partial charge < -0.3 is 20.9 Å². The molecular formula is C32H32N8O3. The largest absolute Gasteiger partial charge is 0.381 e. The van der Waals surface area contributed by atoms with Crippen LogP contribution in [0.15, 0.2) is 77.9 Å². The van der Waals surface area contributed by atoms with E-state index in [0.717, 1.165) is 25.9 Å². The number of nitrogens with zero attached hydrogens (tertiary/aromatic N) is 6. The highest BCUT2D eigenvalue weighted by Gasteiger charge is 2.53. The SMILES string of the molecule is C[C@H](NC(=O)c1c(N)nn2cccnc12)c1cc2cccc(N3CC4(CCN(C)CC4)C3=O)c2c(=O)n1-c1ccccc1. The molecule has 43 heavy (non-hydrogen) atoms. The van der Waals surface area contributed by atoms with Crippen molar-refractivity contribution in [2.45, 2.75) is 25.8 Å². The monoisotopic (exact) mass is 576 g/mol. The molecule has 0 aliphatic carbocycles. The second-order valence-corrected chi connectivity index (χ2v) is 11.6. The zero-order chi connectivity index (χ0) is 29.9. The van der Waals surface area contributed by atoms with Crippen molar-refractivity contribution in [3.05, 3.63) is 94.7 Å². The molecule has 0 saturated carbocycles. The average molecular weight is 577 g/mol. The summed E-state index contributed by atoms with van der Waals surface area (Å²) in [6, 6.07) is 17.9. The Labute approximate surface area is 247 Å². The van der Waals surface area contributed by atoms with Gasteiger partial charge in [0.25, 0.3) is 11.5 Å². The van der Waals surface area contributed by atoms with Gasteiger partial charge in [-0.15, -0.1) is 5.10 Å². The molecule has 5 heterocycles. The zero-order valence-electron chi connectivity index (χ0n) is 24.0. The van der Waals surface area contributed by atoms with Crippen LogP contribution in [-0.4, -0.2) is 62.6 Å². The molecule has 0 bridgehead atoms. The summed E-state index contributed by atoms with van der Waals surface area (Å²) in [5.41, 5.74) is 7.86. The third-order valence-electron chi connectivity index (χ3n) is 8.90. The molecule has 1 spiro atoms. The van der Waals surface area contributed by atoms with E-state index in [0.29, 0.717) is 40.0 Å². The Hall–Kier alpha value is -5.03. The number of piperidine rings is 1. The number of benzene rings is 2. The summed E-state index contributed by atoms with van der Waals surface area (Å²) in [7, 11) is 2.08. The zero-order valence-corrected chi connectivity index (χ0v) is 24.0. The first-order valence-electron chi connectivity index (χ1n) is 14.4. The molecule has 1 atom stereocenters. The lowest BCUT2D eigenvalue weighted by Crippen LogP contribution is -2.64. The number of hydrogen-bond donors (Lipinski definition) is 2. The average Bonchev–Trinajstić information content (AvgIpc) is 3.36. The molecule has 2 fully saturated rings. The molecule has 11 heteroatoms. The van der Waals surface area contributed by atoms with Gasteiger partial charge in [0.15, 0.2) is 11.5 Å². The van der Waals surface area contributed by atoms with Crippen LogP contribution in [0.3, 0.4) is 0 Å². The Morgan fingerprint density at radius 2 is 1.81 bits per heavy atom. The van der Waals surface area contributed by atoms with E-state index >= 15 is 0 Å². The minimum atomic E-state index is -0.598. The number of nitrogen functional groups attached to an aromatic ring is 1. The van der Waals surface area contributed by atoms with Crippen molar-refractivity contribution in [1.82, 2.24) is 29.4 Å². The van der Waals surface area contributed by atoms with E-state index in [9.17, 15) is 14.4 Å². The molecule has 5 aromatic rings.